The predicted molar refractivity (Wildman–Crippen MR) is 65.9 cm³/mol. The van der Waals surface area contributed by atoms with Crippen molar-refractivity contribution in [3.63, 3.8) is 0 Å². The summed E-state index contributed by atoms with van der Waals surface area (Å²) < 4.78 is 4.92. The van der Waals surface area contributed by atoms with Crippen LogP contribution in [0.5, 0.6) is 5.75 Å². The van der Waals surface area contributed by atoms with Crippen LogP contribution in [0, 0.1) is 0 Å². The number of nitrogens with zero attached hydrogens (tertiary/aromatic N) is 1. The van der Waals surface area contributed by atoms with Gasteiger partial charge >= 0.3 is 5.97 Å². The van der Waals surface area contributed by atoms with Gasteiger partial charge in [-0.2, -0.15) is 0 Å². The number of phenols is 1. The normalized spacial score (nSPS) is 10.3. The molecule has 94 valence electrons. The average molecular weight is 247 g/mol. The van der Waals surface area contributed by atoms with Gasteiger partial charge in [0.15, 0.2) is 0 Å². The summed E-state index contributed by atoms with van der Waals surface area (Å²) in [5, 5.41) is 18.1. The second kappa shape index (κ2) is 4.83. The number of anilines is 1. The largest absolute Gasteiger partial charge is 0.508 e. The van der Waals surface area contributed by atoms with E-state index in [0.717, 1.165) is 5.69 Å². The molecule has 1 aromatic heterocycles. The van der Waals surface area contributed by atoms with Gasteiger partial charge in [0.1, 0.15) is 5.75 Å². The maximum atomic E-state index is 10.9. The summed E-state index contributed by atoms with van der Waals surface area (Å²) >= 11 is 0. The average Bonchev–Trinajstić information content (AvgIpc) is 2.78. The van der Waals surface area contributed by atoms with Gasteiger partial charge in [-0.15, -0.1) is 0 Å². The number of aromatic carboxylic acids is 1. The number of carboxylic acid groups (broad SMARTS) is 1. The van der Waals surface area contributed by atoms with Crippen LogP contribution in [0.2, 0.25) is 0 Å². The fourth-order valence-corrected chi connectivity index (χ4v) is 1.70. The van der Waals surface area contributed by atoms with Crippen molar-refractivity contribution in [2.45, 2.75) is 6.54 Å². The molecule has 0 fully saturated rings. The predicted octanol–water partition coefficient (Wildman–Crippen LogP) is 2.32. The van der Waals surface area contributed by atoms with Gasteiger partial charge in [-0.25, -0.2) is 4.79 Å². The summed E-state index contributed by atoms with van der Waals surface area (Å²) in [7, 11) is 1.84. The fourth-order valence-electron chi connectivity index (χ4n) is 1.70. The summed E-state index contributed by atoms with van der Waals surface area (Å²) in [6.45, 7) is 0.420. The van der Waals surface area contributed by atoms with Gasteiger partial charge in [0, 0.05) is 24.8 Å². The van der Waals surface area contributed by atoms with E-state index in [1.165, 1.54) is 6.26 Å². The summed E-state index contributed by atoms with van der Waals surface area (Å²) in [5.41, 5.74) is 1.49. The summed E-state index contributed by atoms with van der Waals surface area (Å²) in [4.78, 5) is 12.8. The van der Waals surface area contributed by atoms with Crippen LogP contribution in [-0.2, 0) is 6.54 Å². The van der Waals surface area contributed by atoms with Crippen molar-refractivity contribution in [1.82, 2.24) is 0 Å². The Balaban J connectivity index is 2.16. The van der Waals surface area contributed by atoms with E-state index in [2.05, 4.69) is 0 Å². The molecule has 0 saturated carbocycles. The number of benzene rings is 1. The highest BCUT2D eigenvalue weighted by molar-refractivity contribution is 5.86. The third kappa shape index (κ3) is 2.45. The Kier molecular flexibility index (Phi) is 3.23. The fraction of sp³-hybridized carbons (Fsp3) is 0.154. The van der Waals surface area contributed by atoms with Crippen molar-refractivity contribution in [2.75, 3.05) is 11.9 Å². The van der Waals surface area contributed by atoms with Crippen LogP contribution < -0.4 is 4.90 Å². The maximum Gasteiger partial charge on any atom is 0.372 e. The first-order valence-electron chi connectivity index (χ1n) is 5.38. The molecule has 0 amide bonds. The van der Waals surface area contributed by atoms with Crippen LogP contribution >= 0.6 is 0 Å². The topological polar surface area (TPSA) is 73.9 Å². The molecule has 5 heteroatoms. The maximum absolute atomic E-state index is 10.9. The second-order valence-corrected chi connectivity index (χ2v) is 3.95. The van der Waals surface area contributed by atoms with E-state index in [4.69, 9.17) is 9.52 Å². The minimum absolute atomic E-state index is 0.0411. The van der Waals surface area contributed by atoms with Crippen LogP contribution in [0.4, 0.5) is 5.69 Å². The summed E-state index contributed by atoms with van der Waals surface area (Å²) in [5.74, 6) is -0.920. The van der Waals surface area contributed by atoms with Crippen molar-refractivity contribution < 1.29 is 19.4 Å². The number of hydrogen-bond donors (Lipinski definition) is 2. The molecule has 0 radical (unpaired) electrons. The van der Waals surface area contributed by atoms with Crippen molar-refractivity contribution in [3.05, 3.63) is 47.9 Å². The Labute approximate surface area is 104 Å². The number of carboxylic acids is 1. The van der Waals surface area contributed by atoms with Crippen LogP contribution in [0.3, 0.4) is 0 Å². The lowest BCUT2D eigenvalue weighted by Crippen LogP contribution is -2.17. The highest BCUT2D eigenvalue weighted by atomic mass is 16.4. The Morgan fingerprint density at radius 2 is 1.94 bits per heavy atom. The minimum atomic E-state index is -1.07. The molecule has 0 aliphatic carbocycles. The first-order valence-corrected chi connectivity index (χ1v) is 5.38. The molecular weight excluding hydrogens is 234 g/mol. The molecule has 0 spiro atoms. The van der Waals surface area contributed by atoms with Crippen LogP contribution in [0.25, 0.3) is 0 Å². The zero-order valence-corrected chi connectivity index (χ0v) is 9.83. The van der Waals surface area contributed by atoms with E-state index in [0.29, 0.717) is 12.1 Å². The van der Waals surface area contributed by atoms with Gasteiger partial charge in [0.25, 0.3) is 0 Å². The molecule has 1 heterocycles. The highest BCUT2D eigenvalue weighted by Crippen LogP contribution is 2.20. The Hall–Kier alpha value is -2.43. The molecule has 18 heavy (non-hydrogen) atoms. The molecule has 0 saturated heterocycles. The molecule has 5 nitrogen and oxygen atoms in total. The molecule has 1 aromatic carbocycles. The van der Waals surface area contributed by atoms with Gasteiger partial charge in [0.2, 0.25) is 5.76 Å². The molecule has 0 atom stereocenters. The van der Waals surface area contributed by atoms with E-state index < -0.39 is 5.97 Å². The smallest absolute Gasteiger partial charge is 0.372 e. The third-order valence-corrected chi connectivity index (χ3v) is 2.64. The van der Waals surface area contributed by atoms with Crippen LogP contribution in [0.1, 0.15) is 16.1 Å². The molecule has 2 N–H and O–H groups in total. The minimum Gasteiger partial charge on any atom is -0.508 e. The summed E-state index contributed by atoms with van der Waals surface area (Å²) in [6.07, 6.45) is 1.36. The monoisotopic (exact) mass is 247 g/mol. The van der Waals surface area contributed by atoms with E-state index in [9.17, 15) is 9.90 Å². The number of carbonyl (C=O) groups is 1. The van der Waals surface area contributed by atoms with Gasteiger partial charge in [-0.1, -0.05) is 0 Å². The van der Waals surface area contributed by atoms with Gasteiger partial charge in [-0.3, -0.25) is 0 Å². The van der Waals surface area contributed by atoms with E-state index in [1.54, 1.807) is 30.3 Å². The Morgan fingerprint density at radius 1 is 1.28 bits per heavy atom. The lowest BCUT2D eigenvalue weighted by Gasteiger charge is -2.18. The molecule has 0 bridgehead atoms. The number of aromatic hydroxyl groups is 1. The molecule has 0 aliphatic heterocycles. The number of hydrogen-bond acceptors (Lipinski definition) is 4. The lowest BCUT2D eigenvalue weighted by atomic mass is 10.2. The quantitative estimate of drug-likeness (QED) is 0.867. The van der Waals surface area contributed by atoms with Gasteiger partial charge in [0.05, 0.1) is 6.26 Å². The zero-order chi connectivity index (χ0) is 13.1. The van der Waals surface area contributed by atoms with Crippen molar-refractivity contribution >= 4 is 11.7 Å². The second-order valence-electron chi connectivity index (χ2n) is 3.95. The van der Waals surface area contributed by atoms with Gasteiger partial charge in [-0.05, 0) is 30.3 Å². The number of furan rings is 1. The van der Waals surface area contributed by atoms with Crippen LogP contribution in [0.15, 0.2) is 41.0 Å². The highest BCUT2D eigenvalue weighted by Gasteiger charge is 2.15. The molecule has 0 unspecified atom stereocenters. The third-order valence-electron chi connectivity index (χ3n) is 2.64. The van der Waals surface area contributed by atoms with E-state index >= 15 is 0 Å². The summed E-state index contributed by atoms with van der Waals surface area (Å²) in [6, 6.07) is 8.32. The first kappa shape index (κ1) is 12.0. The molecule has 2 rings (SSSR count). The Morgan fingerprint density at radius 3 is 2.56 bits per heavy atom. The van der Waals surface area contributed by atoms with E-state index in [1.807, 2.05) is 11.9 Å². The van der Waals surface area contributed by atoms with Crippen molar-refractivity contribution in [1.29, 1.82) is 0 Å². The molecular formula is C13H13NO4. The van der Waals surface area contributed by atoms with E-state index in [-0.39, 0.29) is 11.5 Å². The van der Waals surface area contributed by atoms with Crippen molar-refractivity contribution in [3.8, 4) is 5.75 Å². The lowest BCUT2D eigenvalue weighted by molar-refractivity contribution is 0.0661. The molecule has 0 aliphatic rings. The standard InChI is InChI=1S/C13H13NO4/c1-14(10-2-4-11(15)5-3-10)8-9-6-7-18-12(9)13(16)17/h2-7,15H,8H2,1H3,(H,16,17). The van der Waals surface area contributed by atoms with Crippen molar-refractivity contribution in [2.24, 2.45) is 0 Å². The number of rotatable bonds is 4. The number of phenolic OH excluding ortho intramolecular Hbond substituents is 1. The van der Waals surface area contributed by atoms with Gasteiger partial charge < -0.3 is 19.5 Å². The molecule has 2 aromatic rings. The van der Waals surface area contributed by atoms with Crippen LogP contribution in [-0.4, -0.2) is 23.2 Å². The zero-order valence-electron chi connectivity index (χ0n) is 9.83. The Bertz CT molecular complexity index is 544. The SMILES string of the molecule is CN(Cc1ccoc1C(=O)O)c1ccc(O)cc1. The first-order chi connectivity index (χ1) is 8.58.